The number of aliphatic hydroxyl groups excluding tert-OH is 1. The SMILES string of the molecule is CCC1CCCc2occc21.CO. The highest BCUT2D eigenvalue weighted by molar-refractivity contribution is 5.24. The molecule has 0 amide bonds. The van der Waals surface area contributed by atoms with E-state index in [1.807, 2.05) is 6.26 Å². The lowest BCUT2D eigenvalue weighted by atomic mass is 9.86. The van der Waals surface area contributed by atoms with Gasteiger partial charge in [0.15, 0.2) is 0 Å². The largest absolute Gasteiger partial charge is 0.469 e. The molecule has 0 spiro atoms. The average molecular weight is 182 g/mol. The summed E-state index contributed by atoms with van der Waals surface area (Å²) in [6.07, 6.45) is 6.89. The van der Waals surface area contributed by atoms with Crippen molar-refractivity contribution < 1.29 is 9.52 Å². The van der Waals surface area contributed by atoms with Gasteiger partial charge in [0.25, 0.3) is 0 Å². The van der Waals surface area contributed by atoms with Crippen LogP contribution in [0, 0.1) is 0 Å². The summed E-state index contributed by atoms with van der Waals surface area (Å²) in [6, 6.07) is 2.14. The Balaban J connectivity index is 0.000000396. The van der Waals surface area contributed by atoms with Gasteiger partial charge in [0.2, 0.25) is 0 Å². The van der Waals surface area contributed by atoms with E-state index in [2.05, 4.69) is 13.0 Å². The second kappa shape index (κ2) is 5.07. The molecule has 1 atom stereocenters. The van der Waals surface area contributed by atoms with Crippen LogP contribution in [-0.4, -0.2) is 12.2 Å². The molecule has 0 saturated carbocycles. The second-order valence-electron chi connectivity index (χ2n) is 3.30. The van der Waals surface area contributed by atoms with Gasteiger partial charge in [-0.25, -0.2) is 0 Å². The van der Waals surface area contributed by atoms with E-state index in [4.69, 9.17) is 9.52 Å². The average Bonchev–Trinajstić information content (AvgIpc) is 2.68. The number of rotatable bonds is 1. The van der Waals surface area contributed by atoms with Gasteiger partial charge in [-0.05, 0) is 36.8 Å². The van der Waals surface area contributed by atoms with E-state index < -0.39 is 0 Å². The van der Waals surface area contributed by atoms with Crippen molar-refractivity contribution in [3.8, 4) is 0 Å². The van der Waals surface area contributed by atoms with Crippen LogP contribution in [0.1, 0.15) is 43.4 Å². The van der Waals surface area contributed by atoms with Crippen molar-refractivity contribution in [2.75, 3.05) is 7.11 Å². The molecular formula is C11H18O2. The lowest BCUT2D eigenvalue weighted by Gasteiger charge is -2.19. The van der Waals surface area contributed by atoms with Crippen LogP contribution in [0.3, 0.4) is 0 Å². The molecule has 13 heavy (non-hydrogen) atoms. The molecule has 1 aliphatic rings. The number of furan rings is 1. The van der Waals surface area contributed by atoms with E-state index in [1.165, 1.54) is 30.6 Å². The van der Waals surface area contributed by atoms with E-state index in [1.54, 1.807) is 0 Å². The molecule has 1 aromatic rings. The maximum atomic E-state index is 7.00. The standard InChI is InChI=1S/C10H14O.CH4O/c1-2-8-4-3-5-10-9(8)6-7-11-10;1-2/h6-8H,2-5H2,1H3;2H,1H3. The number of fused-ring (bicyclic) bond motifs is 1. The minimum Gasteiger partial charge on any atom is -0.469 e. The summed E-state index contributed by atoms with van der Waals surface area (Å²) in [5.41, 5.74) is 1.47. The molecule has 0 radical (unpaired) electrons. The van der Waals surface area contributed by atoms with E-state index in [0.29, 0.717) is 0 Å². The summed E-state index contributed by atoms with van der Waals surface area (Å²) in [6.45, 7) is 2.26. The van der Waals surface area contributed by atoms with Gasteiger partial charge in [0.1, 0.15) is 5.76 Å². The number of hydrogen-bond donors (Lipinski definition) is 1. The lowest BCUT2D eigenvalue weighted by Crippen LogP contribution is -2.05. The molecule has 74 valence electrons. The Morgan fingerprint density at radius 3 is 3.00 bits per heavy atom. The maximum Gasteiger partial charge on any atom is 0.107 e. The van der Waals surface area contributed by atoms with Gasteiger partial charge in [-0.15, -0.1) is 0 Å². The van der Waals surface area contributed by atoms with E-state index >= 15 is 0 Å². The minimum atomic E-state index is 0.775. The zero-order chi connectivity index (χ0) is 9.68. The Kier molecular flexibility index (Phi) is 4.03. The van der Waals surface area contributed by atoms with Crippen LogP contribution in [0.25, 0.3) is 0 Å². The second-order valence-corrected chi connectivity index (χ2v) is 3.30. The molecule has 2 nitrogen and oxygen atoms in total. The van der Waals surface area contributed by atoms with E-state index in [-0.39, 0.29) is 0 Å². The molecular weight excluding hydrogens is 164 g/mol. The van der Waals surface area contributed by atoms with Gasteiger partial charge >= 0.3 is 0 Å². The fourth-order valence-electron chi connectivity index (χ4n) is 2.01. The first-order valence-corrected chi connectivity index (χ1v) is 4.92. The highest BCUT2D eigenvalue weighted by atomic mass is 16.3. The predicted molar refractivity (Wildman–Crippen MR) is 52.8 cm³/mol. The first-order chi connectivity index (χ1) is 6.42. The molecule has 1 aromatic heterocycles. The van der Waals surface area contributed by atoms with Crippen molar-refractivity contribution in [3.63, 3.8) is 0 Å². The highest BCUT2D eigenvalue weighted by Gasteiger charge is 2.20. The summed E-state index contributed by atoms with van der Waals surface area (Å²) in [5.74, 6) is 2.01. The van der Waals surface area contributed by atoms with Crippen molar-refractivity contribution in [1.29, 1.82) is 0 Å². The molecule has 1 aliphatic carbocycles. The van der Waals surface area contributed by atoms with Crippen molar-refractivity contribution >= 4 is 0 Å². The Morgan fingerprint density at radius 2 is 2.31 bits per heavy atom. The Labute approximate surface area is 79.6 Å². The topological polar surface area (TPSA) is 33.4 Å². The van der Waals surface area contributed by atoms with Crippen LogP contribution in [0.4, 0.5) is 0 Å². The number of aryl methyl sites for hydroxylation is 1. The molecule has 0 aliphatic heterocycles. The van der Waals surface area contributed by atoms with E-state index in [9.17, 15) is 0 Å². The maximum absolute atomic E-state index is 7.00. The van der Waals surface area contributed by atoms with Crippen LogP contribution in [0.5, 0.6) is 0 Å². The summed E-state index contributed by atoms with van der Waals surface area (Å²) in [7, 11) is 1.00. The van der Waals surface area contributed by atoms with Crippen LogP contribution in [0.15, 0.2) is 16.7 Å². The zero-order valence-electron chi connectivity index (χ0n) is 8.42. The van der Waals surface area contributed by atoms with Gasteiger partial charge in [0, 0.05) is 13.5 Å². The molecule has 1 N–H and O–H groups in total. The molecule has 1 unspecified atom stereocenters. The lowest BCUT2D eigenvalue weighted by molar-refractivity contribution is 0.399. The third-order valence-corrected chi connectivity index (χ3v) is 2.67. The highest BCUT2D eigenvalue weighted by Crippen LogP contribution is 2.34. The number of aliphatic hydroxyl groups is 1. The molecule has 1 heterocycles. The van der Waals surface area contributed by atoms with E-state index in [0.717, 1.165) is 19.4 Å². The van der Waals surface area contributed by atoms with Crippen LogP contribution < -0.4 is 0 Å². The van der Waals surface area contributed by atoms with Crippen molar-refractivity contribution in [3.05, 3.63) is 23.7 Å². The van der Waals surface area contributed by atoms with Gasteiger partial charge in [-0.2, -0.15) is 0 Å². The van der Waals surface area contributed by atoms with Crippen LogP contribution in [-0.2, 0) is 6.42 Å². The summed E-state index contributed by atoms with van der Waals surface area (Å²) < 4.78 is 5.39. The monoisotopic (exact) mass is 182 g/mol. The van der Waals surface area contributed by atoms with Crippen LogP contribution >= 0.6 is 0 Å². The smallest absolute Gasteiger partial charge is 0.107 e. The van der Waals surface area contributed by atoms with Gasteiger partial charge in [0.05, 0.1) is 6.26 Å². The molecule has 2 heteroatoms. The molecule has 0 bridgehead atoms. The number of hydrogen-bond acceptors (Lipinski definition) is 2. The summed E-state index contributed by atoms with van der Waals surface area (Å²) >= 11 is 0. The predicted octanol–water partition coefficient (Wildman–Crippen LogP) is 2.72. The van der Waals surface area contributed by atoms with Crippen LogP contribution in [0.2, 0.25) is 0 Å². The van der Waals surface area contributed by atoms with Gasteiger partial charge in [-0.3, -0.25) is 0 Å². The third kappa shape index (κ3) is 2.13. The third-order valence-electron chi connectivity index (χ3n) is 2.67. The Morgan fingerprint density at radius 1 is 1.54 bits per heavy atom. The van der Waals surface area contributed by atoms with Crippen molar-refractivity contribution in [2.24, 2.45) is 0 Å². The first kappa shape index (κ1) is 10.3. The van der Waals surface area contributed by atoms with Gasteiger partial charge in [-0.1, -0.05) is 6.92 Å². The molecule has 0 saturated heterocycles. The Bertz CT molecular complexity index is 240. The normalized spacial score (nSPS) is 20.1. The molecule has 0 fully saturated rings. The fourth-order valence-corrected chi connectivity index (χ4v) is 2.01. The first-order valence-electron chi connectivity index (χ1n) is 4.92. The molecule has 2 rings (SSSR count). The zero-order valence-corrected chi connectivity index (χ0v) is 8.42. The van der Waals surface area contributed by atoms with Crippen molar-refractivity contribution in [2.45, 2.75) is 38.5 Å². The summed E-state index contributed by atoms with van der Waals surface area (Å²) in [5, 5.41) is 7.00. The fraction of sp³-hybridized carbons (Fsp3) is 0.636. The summed E-state index contributed by atoms with van der Waals surface area (Å²) in [4.78, 5) is 0. The van der Waals surface area contributed by atoms with Crippen molar-refractivity contribution in [1.82, 2.24) is 0 Å². The minimum absolute atomic E-state index is 0.775. The molecule has 0 aromatic carbocycles. The quantitative estimate of drug-likeness (QED) is 0.724. The van der Waals surface area contributed by atoms with Gasteiger partial charge < -0.3 is 9.52 Å². The Hall–Kier alpha value is -0.760.